The highest BCUT2D eigenvalue weighted by atomic mass is 19.1. The summed E-state index contributed by atoms with van der Waals surface area (Å²) in [6.07, 6.45) is 0.135. The smallest absolute Gasteiger partial charge is 0.325 e. The lowest BCUT2D eigenvalue weighted by atomic mass is 9.93. The number of rotatable bonds is 7. The zero-order chi connectivity index (χ0) is 16.0. The van der Waals surface area contributed by atoms with Crippen molar-refractivity contribution in [2.45, 2.75) is 51.8 Å². The molecule has 0 aliphatic carbocycles. The number of carbonyl (C=O) groups excluding carboxylic acids is 1. The molecule has 0 amide bonds. The van der Waals surface area contributed by atoms with Gasteiger partial charge in [-0.3, -0.25) is 10.1 Å². The lowest BCUT2D eigenvalue weighted by Crippen LogP contribution is -2.54. The monoisotopic (exact) mass is 297 g/mol. The molecule has 21 heavy (non-hydrogen) atoms. The molecular weight excluding hydrogens is 273 g/mol. The molecule has 0 spiro atoms. The van der Waals surface area contributed by atoms with Gasteiger partial charge in [-0.2, -0.15) is 0 Å². The van der Waals surface area contributed by atoms with E-state index < -0.39 is 5.54 Å². The highest BCUT2D eigenvalue weighted by Crippen LogP contribution is 2.21. The minimum absolute atomic E-state index is 0.121. The summed E-state index contributed by atoms with van der Waals surface area (Å²) in [6.45, 7) is 7.54. The number of hydrogen-bond acceptors (Lipinski definition) is 4. The van der Waals surface area contributed by atoms with E-state index in [-0.39, 0.29) is 23.9 Å². The van der Waals surface area contributed by atoms with Crippen molar-refractivity contribution in [1.29, 1.82) is 0 Å². The fraction of sp³-hybridized carbons (Fsp3) is 0.562. The summed E-state index contributed by atoms with van der Waals surface area (Å²) in [5, 5.41) is 3.21. The van der Waals surface area contributed by atoms with Gasteiger partial charge < -0.3 is 9.47 Å². The van der Waals surface area contributed by atoms with Crippen LogP contribution < -0.4 is 10.1 Å². The molecular formula is C16H24FNO3. The summed E-state index contributed by atoms with van der Waals surface area (Å²) in [5.74, 6) is -0.249. The zero-order valence-electron chi connectivity index (χ0n) is 13.3. The van der Waals surface area contributed by atoms with Crippen molar-refractivity contribution in [3.05, 3.63) is 30.1 Å². The van der Waals surface area contributed by atoms with Crippen molar-refractivity contribution < 1.29 is 18.7 Å². The van der Waals surface area contributed by atoms with Crippen LogP contribution in [0.1, 0.15) is 34.1 Å². The number of nitrogens with one attached hydrogen (secondary N) is 1. The Morgan fingerprint density at radius 3 is 2.57 bits per heavy atom. The molecule has 0 fully saturated rings. The Bertz CT molecular complexity index is 478. The van der Waals surface area contributed by atoms with Crippen LogP contribution in [0.15, 0.2) is 24.3 Å². The second kappa shape index (κ2) is 7.41. The number of hydrogen-bond donors (Lipinski definition) is 1. The summed E-state index contributed by atoms with van der Waals surface area (Å²) in [6, 6.07) is 6.07. The molecule has 4 nitrogen and oxygen atoms in total. The van der Waals surface area contributed by atoms with E-state index in [0.29, 0.717) is 12.2 Å². The first-order chi connectivity index (χ1) is 9.76. The van der Waals surface area contributed by atoms with Crippen LogP contribution >= 0.6 is 0 Å². The van der Waals surface area contributed by atoms with E-state index in [2.05, 4.69) is 5.32 Å². The van der Waals surface area contributed by atoms with Crippen LogP contribution in [-0.4, -0.2) is 30.8 Å². The highest BCUT2D eigenvalue weighted by Gasteiger charge is 2.36. The first-order valence-corrected chi connectivity index (χ1v) is 7.05. The van der Waals surface area contributed by atoms with Crippen molar-refractivity contribution in [3.8, 4) is 5.75 Å². The van der Waals surface area contributed by atoms with E-state index in [1.54, 1.807) is 19.1 Å². The van der Waals surface area contributed by atoms with Gasteiger partial charge in [0.05, 0.1) is 13.2 Å². The van der Waals surface area contributed by atoms with E-state index in [0.717, 1.165) is 0 Å². The molecule has 0 aliphatic rings. The van der Waals surface area contributed by atoms with Gasteiger partial charge in [0, 0.05) is 18.5 Å². The van der Waals surface area contributed by atoms with Gasteiger partial charge in [-0.05, 0) is 39.8 Å². The van der Waals surface area contributed by atoms with Crippen molar-refractivity contribution >= 4 is 5.97 Å². The van der Waals surface area contributed by atoms with Crippen LogP contribution in [0, 0.1) is 5.82 Å². The predicted molar refractivity (Wildman–Crippen MR) is 79.8 cm³/mol. The summed E-state index contributed by atoms with van der Waals surface area (Å²) in [5.41, 5.74) is -0.852. The average Bonchev–Trinajstić information content (AvgIpc) is 2.36. The van der Waals surface area contributed by atoms with Gasteiger partial charge in [0.2, 0.25) is 0 Å². The fourth-order valence-electron chi connectivity index (χ4n) is 2.45. The lowest BCUT2D eigenvalue weighted by Gasteiger charge is -2.32. The molecule has 0 saturated carbocycles. The molecule has 0 saturated heterocycles. The normalized spacial score (nSPS) is 15.4. The summed E-state index contributed by atoms with van der Waals surface area (Å²) >= 11 is 0. The fourth-order valence-corrected chi connectivity index (χ4v) is 2.45. The third-order valence-corrected chi connectivity index (χ3v) is 3.07. The van der Waals surface area contributed by atoms with Gasteiger partial charge in [0.15, 0.2) is 0 Å². The Morgan fingerprint density at radius 2 is 2.05 bits per heavy atom. The number of carbonyl (C=O) groups is 1. The highest BCUT2D eigenvalue weighted by molar-refractivity contribution is 5.80. The number of esters is 1. The van der Waals surface area contributed by atoms with Gasteiger partial charge in [-0.25, -0.2) is 4.39 Å². The standard InChI is InChI=1S/C16H24FNO3/c1-11(2)18-16(4,15(19)20-5)10-12(3)21-14-8-6-7-13(17)9-14/h6-9,11-12,18H,10H2,1-5H3. The van der Waals surface area contributed by atoms with E-state index in [1.165, 1.54) is 19.2 Å². The van der Waals surface area contributed by atoms with Crippen LogP contribution in [0.5, 0.6) is 5.75 Å². The molecule has 118 valence electrons. The molecule has 0 aromatic heterocycles. The van der Waals surface area contributed by atoms with Crippen molar-refractivity contribution in [1.82, 2.24) is 5.32 Å². The maximum absolute atomic E-state index is 13.1. The molecule has 0 radical (unpaired) electrons. The third kappa shape index (κ3) is 5.34. The molecule has 0 bridgehead atoms. The van der Waals surface area contributed by atoms with Crippen LogP contribution in [-0.2, 0) is 9.53 Å². The van der Waals surface area contributed by atoms with Gasteiger partial charge in [-0.15, -0.1) is 0 Å². The molecule has 0 aliphatic heterocycles. The van der Waals surface area contributed by atoms with Gasteiger partial charge in [0.25, 0.3) is 0 Å². The largest absolute Gasteiger partial charge is 0.491 e. The van der Waals surface area contributed by atoms with E-state index in [4.69, 9.17) is 9.47 Å². The minimum atomic E-state index is -0.852. The lowest BCUT2D eigenvalue weighted by molar-refractivity contribution is -0.149. The Balaban J connectivity index is 2.76. The van der Waals surface area contributed by atoms with Crippen LogP contribution in [0.25, 0.3) is 0 Å². The van der Waals surface area contributed by atoms with E-state index in [9.17, 15) is 9.18 Å². The molecule has 1 N–H and O–H groups in total. The van der Waals surface area contributed by atoms with Crippen molar-refractivity contribution in [2.24, 2.45) is 0 Å². The first-order valence-electron chi connectivity index (χ1n) is 7.05. The molecule has 0 heterocycles. The number of halogens is 1. The summed E-state index contributed by atoms with van der Waals surface area (Å²) in [4.78, 5) is 12.0. The summed E-state index contributed by atoms with van der Waals surface area (Å²) in [7, 11) is 1.36. The third-order valence-electron chi connectivity index (χ3n) is 3.07. The first kappa shape index (κ1) is 17.4. The Kier molecular flexibility index (Phi) is 6.15. The van der Waals surface area contributed by atoms with E-state index >= 15 is 0 Å². The molecule has 5 heteroatoms. The SMILES string of the molecule is COC(=O)C(C)(CC(C)Oc1cccc(F)c1)NC(C)C. The number of benzene rings is 1. The van der Waals surface area contributed by atoms with Crippen LogP contribution in [0.4, 0.5) is 4.39 Å². The van der Waals surface area contributed by atoms with Gasteiger partial charge in [0.1, 0.15) is 17.1 Å². The summed E-state index contributed by atoms with van der Waals surface area (Å²) < 4.78 is 23.7. The Hall–Kier alpha value is -1.62. The van der Waals surface area contributed by atoms with Crippen LogP contribution in [0.2, 0.25) is 0 Å². The number of methoxy groups -OCH3 is 1. The molecule has 1 aromatic rings. The maximum atomic E-state index is 13.1. The van der Waals surface area contributed by atoms with Crippen molar-refractivity contribution in [3.63, 3.8) is 0 Å². The van der Waals surface area contributed by atoms with E-state index in [1.807, 2.05) is 20.8 Å². The molecule has 2 unspecified atom stereocenters. The second-order valence-electron chi connectivity index (χ2n) is 5.71. The zero-order valence-corrected chi connectivity index (χ0v) is 13.3. The van der Waals surface area contributed by atoms with Crippen molar-refractivity contribution in [2.75, 3.05) is 7.11 Å². The number of ether oxygens (including phenoxy) is 2. The average molecular weight is 297 g/mol. The quantitative estimate of drug-likeness (QED) is 0.786. The molecule has 1 rings (SSSR count). The van der Waals surface area contributed by atoms with Gasteiger partial charge in [-0.1, -0.05) is 6.07 Å². The minimum Gasteiger partial charge on any atom is -0.491 e. The Labute approximate surface area is 125 Å². The molecule has 1 aromatic carbocycles. The van der Waals surface area contributed by atoms with Gasteiger partial charge >= 0.3 is 5.97 Å². The topological polar surface area (TPSA) is 47.6 Å². The Morgan fingerprint density at radius 1 is 1.38 bits per heavy atom. The second-order valence-corrected chi connectivity index (χ2v) is 5.71. The maximum Gasteiger partial charge on any atom is 0.325 e. The predicted octanol–water partition coefficient (Wildman–Crippen LogP) is 2.91. The van der Waals surface area contributed by atoms with Crippen LogP contribution in [0.3, 0.4) is 0 Å². The molecule has 2 atom stereocenters.